The Morgan fingerprint density at radius 2 is 2.00 bits per heavy atom. The van der Waals surface area contributed by atoms with E-state index in [4.69, 9.17) is 9.26 Å². The van der Waals surface area contributed by atoms with Crippen LogP contribution in [-0.2, 0) is 20.8 Å². The summed E-state index contributed by atoms with van der Waals surface area (Å²) >= 11 is 0. The van der Waals surface area contributed by atoms with E-state index in [9.17, 15) is 24.4 Å². The summed E-state index contributed by atoms with van der Waals surface area (Å²) in [5.74, 6) is -2.42. The van der Waals surface area contributed by atoms with E-state index in [2.05, 4.69) is 27.3 Å². The first-order valence-corrected chi connectivity index (χ1v) is 12.3. The number of anilines is 1. The molecule has 0 saturated carbocycles. The van der Waals surface area contributed by atoms with Gasteiger partial charge in [0.1, 0.15) is 6.61 Å². The number of aromatic nitrogens is 1. The third-order valence-corrected chi connectivity index (χ3v) is 8.04. The van der Waals surface area contributed by atoms with Crippen molar-refractivity contribution >= 4 is 40.4 Å². The van der Waals surface area contributed by atoms with Gasteiger partial charge in [-0.05, 0) is 37.1 Å². The summed E-state index contributed by atoms with van der Waals surface area (Å²) in [6.07, 6.45) is 2.87. The molecule has 0 unspecified atom stereocenters. The maximum atomic E-state index is 16.2. The van der Waals surface area contributed by atoms with Gasteiger partial charge >= 0.3 is 6.03 Å². The SMILES string of the molecule is C[C@@H]1CN2c3c(cc4c(OC[C@@H]5CCC(=O)N5)noc4c3F)CC3(C(=O)NC(=O)NC3=O)[C@H]2[C@H](C)N1C#N. The minimum absolute atomic E-state index is 0.0165. The van der Waals surface area contributed by atoms with Crippen molar-refractivity contribution in [1.82, 2.24) is 26.0 Å². The number of amides is 5. The molecule has 5 amide bonds. The molecule has 38 heavy (non-hydrogen) atoms. The Morgan fingerprint density at radius 3 is 2.66 bits per heavy atom. The number of barbiturate groups is 1. The molecular weight excluding hydrogens is 501 g/mol. The zero-order chi connectivity index (χ0) is 26.9. The molecule has 5 heterocycles. The zero-order valence-corrected chi connectivity index (χ0v) is 20.5. The predicted octanol–water partition coefficient (Wildman–Crippen LogP) is 0.281. The lowest BCUT2D eigenvalue weighted by molar-refractivity contribution is -0.148. The lowest BCUT2D eigenvalue weighted by Gasteiger charge is -2.57. The third kappa shape index (κ3) is 3.24. The maximum Gasteiger partial charge on any atom is 0.328 e. The minimum atomic E-state index is -1.82. The average Bonchev–Trinajstić information content (AvgIpc) is 3.46. The number of rotatable bonds is 3. The van der Waals surface area contributed by atoms with Gasteiger partial charge in [0.25, 0.3) is 5.88 Å². The fourth-order valence-corrected chi connectivity index (χ4v) is 6.39. The van der Waals surface area contributed by atoms with E-state index in [-0.39, 0.29) is 60.1 Å². The molecule has 2 aromatic rings. The molecule has 13 nitrogen and oxygen atoms in total. The monoisotopic (exact) mass is 525 g/mol. The molecule has 4 atom stereocenters. The number of urea groups is 1. The zero-order valence-electron chi connectivity index (χ0n) is 20.5. The Morgan fingerprint density at radius 1 is 1.26 bits per heavy atom. The lowest BCUT2D eigenvalue weighted by atomic mass is 9.65. The molecule has 1 aromatic heterocycles. The van der Waals surface area contributed by atoms with E-state index in [1.54, 1.807) is 24.8 Å². The average molecular weight is 525 g/mol. The van der Waals surface area contributed by atoms with E-state index in [0.29, 0.717) is 18.4 Å². The Kier molecular flexibility index (Phi) is 5.23. The van der Waals surface area contributed by atoms with Crippen molar-refractivity contribution in [3.05, 3.63) is 17.4 Å². The van der Waals surface area contributed by atoms with Crippen molar-refractivity contribution in [3.63, 3.8) is 0 Å². The quantitative estimate of drug-likeness (QED) is 0.374. The molecule has 3 N–H and O–H groups in total. The van der Waals surface area contributed by atoms with Crippen molar-refractivity contribution in [2.75, 3.05) is 18.1 Å². The van der Waals surface area contributed by atoms with Gasteiger partial charge in [-0.2, -0.15) is 5.26 Å². The van der Waals surface area contributed by atoms with Crippen LogP contribution in [0.3, 0.4) is 0 Å². The highest BCUT2D eigenvalue weighted by Crippen LogP contribution is 2.50. The Hall–Kier alpha value is -4.41. The number of nitrogens with zero attached hydrogens (tertiary/aromatic N) is 4. The Balaban J connectivity index is 1.48. The lowest BCUT2D eigenvalue weighted by Crippen LogP contribution is -2.77. The molecule has 0 bridgehead atoms. The van der Waals surface area contributed by atoms with Crippen molar-refractivity contribution in [1.29, 1.82) is 5.26 Å². The molecule has 1 aromatic carbocycles. The molecule has 1 spiro atoms. The van der Waals surface area contributed by atoms with Gasteiger partial charge in [0, 0.05) is 19.4 Å². The molecule has 0 aliphatic carbocycles. The van der Waals surface area contributed by atoms with Gasteiger partial charge in [-0.15, -0.1) is 0 Å². The largest absolute Gasteiger partial charge is 0.473 e. The fourth-order valence-electron chi connectivity index (χ4n) is 6.39. The first-order chi connectivity index (χ1) is 18.1. The number of carbonyl (C=O) groups is 4. The molecular formula is C24H24FN7O6. The molecule has 14 heteroatoms. The van der Waals surface area contributed by atoms with Gasteiger partial charge < -0.3 is 24.4 Å². The van der Waals surface area contributed by atoms with Gasteiger partial charge in [-0.1, -0.05) is 0 Å². The number of nitrogens with one attached hydrogen (secondary N) is 3. The van der Waals surface area contributed by atoms with Crippen LogP contribution in [0.25, 0.3) is 11.0 Å². The van der Waals surface area contributed by atoms with Crippen LogP contribution in [0, 0.1) is 22.7 Å². The highest BCUT2D eigenvalue weighted by atomic mass is 19.1. The topological polar surface area (TPSA) is 170 Å². The predicted molar refractivity (Wildman–Crippen MR) is 126 cm³/mol. The Bertz CT molecular complexity index is 1430. The highest BCUT2D eigenvalue weighted by Gasteiger charge is 2.64. The molecule has 4 aliphatic rings. The van der Waals surface area contributed by atoms with Crippen LogP contribution in [0.15, 0.2) is 10.6 Å². The van der Waals surface area contributed by atoms with Crippen LogP contribution >= 0.6 is 0 Å². The van der Waals surface area contributed by atoms with Crippen molar-refractivity contribution < 1.29 is 32.8 Å². The number of piperazine rings is 1. The standard InChI is InChI=1S/C24H24FN7O6/c1-10-7-31-17-12(5-14-18(16(17)25)38-30-20(14)37-8-13-3-4-15(33)27-13)6-24(19(31)11(2)32(10)9-26)21(34)28-23(36)29-22(24)35/h5,10-11,13,19H,3-4,6-8H2,1-2H3,(H,27,33)(H2,28,29,34,35,36)/t10-,11+,13+,19-/m1/s1. The molecule has 3 saturated heterocycles. The van der Waals surface area contributed by atoms with Gasteiger partial charge in [0.2, 0.25) is 23.3 Å². The van der Waals surface area contributed by atoms with Crippen LogP contribution < -0.4 is 25.6 Å². The summed E-state index contributed by atoms with van der Waals surface area (Å²) < 4.78 is 27.2. The number of carbonyl (C=O) groups excluding carboxylic acids is 4. The Labute approximate surface area is 215 Å². The fraction of sp³-hybridized carbons (Fsp3) is 0.500. The van der Waals surface area contributed by atoms with Crippen LogP contribution in [0.2, 0.25) is 0 Å². The van der Waals surface area contributed by atoms with Gasteiger partial charge in [0.15, 0.2) is 17.4 Å². The normalized spacial score (nSPS) is 27.9. The number of hydrogen-bond acceptors (Lipinski definition) is 10. The highest BCUT2D eigenvalue weighted by molar-refractivity contribution is 6.20. The number of imide groups is 2. The number of fused-ring (bicyclic) bond motifs is 5. The van der Waals surface area contributed by atoms with Crippen LogP contribution in [-0.4, -0.2) is 71.1 Å². The van der Waals surface area contributed by atoms with E-state index >= 15 is 4.39 Å². The van der Waals surface area contributed by atoms with E-state index in [0.717, 1.165) is 0 Å². The summed E-state index contributed by atoms with van der Waals surface area (Å²) in [5.41, 5.74) is -1.49. The van der Waals surface area contributed by atoms with Crippen LogP contribution in [0.5, 0.6) is 5.88 Å². The molecule has 3 fully saturated rings. The molecule has 6 rings (SSSR count). The number of hydrogen-bond donors (Lipinski definition) is 3. The number of halogens is 1. The van der Waals surface area contributed by atoms with E-state index in [1.807, 2.05) is 0 Å². The number of nitriles is 1. The second-order valence-electron chi connectivity index (χ2n) is 10.3. The van der Waals surface area contributed by atoms with Gasteiger partial charge in [-0.25, -0.2) is 9.18 Å². The van der Waals surface area contributed by atoms with Crippen LogP contribution in [0.4, 0.5) is 14.9 Å². The summed E-state index contributed by atoms with van der Waals surface area (Å²) in [5, 5.41) is 21.0. The smallest absolute Gasteiger partial charge is 0.328 e. The number of benzene rings is 1. The summed E-state index contributed by atoms with van der Waals surface area (Å²) in [6, 6.07) is -1.58. The van der Waals surface area contributed by atoms with Crippen molar-refractivity contribution in [3.8, 4) is 12.1 Å². The molecule has 4 aliphatic heterocycles. The first kappa shape index (κ1) is 24.0. The minimum Gasteiger partial charge on any atom is -0.473 e. The summed E-state index contributed by atoms with van der Waals surface area (Å²) in [7, 11) is 0. The van der Waals surface area contributed by atoms with Gasteiger partial charge in [-0.3, -0.25) is 25.0 Å². The number of ether oxygens (including phenoxy) is 1. The summed E-state index contributed by atoms with van der Waals surface area (Å²) in [6.45, 7) is 3.72. The maximum absolute atomic E-state index is 16.2. The third-order valence-electron chi connectivity index (χ3n) is 8.04. The van der Waals surface area contributed by atoms with Crippen molar-refractivity contribution in [2.45, 2.75) is 57.3 Å². The first-order valence-electron chi connectivity index (χ1n) is 12.3. The van der Waals surface area contributed by atoms with E-state index in [1.165, 1.54) is 4.90 Å². The van der Waals surface area contributed by atoms with E-state index < -0.39 is 41.2 Å². The molecule has 0 radical (unpaired) electrons. The van der Waals surface area contributed by atoms with Crippen LogP contribution in [0.1, 0.15) is 32.3 Å². The molecule has 198 valence electrons. The summed E-state index contributed by atoms with van der Waals surface area (Å²) in [4.78, 5) is 53.4. The van der Waals surface area contributed by atoms with Crippen molar-refractivity contribution in [2.24, 2.45) is 5.41 Å². The second kappa shape index (κ2) is 8.30. The second-order valence-corrected chi connectivity index (χ2v) is 10.3. The van der Waals surface area contributed by atoms with Gasteiger partial charge in [0.05, 0.1) is 35.2 Å².